The van der Waals surface area contributed by atoms with Gasteiger partial charge >= 0.3 is 0 Å². The molecule has 0 aliphatic carbocycles. The summed E-state index contributed by atoms with van der Waals surface area (Å²) in [6, 6.07) is 9.12. The molecule has 1 rings (SSSR count). The van der Waals surface area contributed by atoms with E-state index in [1.54, 1.807) is 12.1 Å². The van der Waals surface area contributed by atoms with Gasteiger partial charge in [-0.1, -0.05) is 24.3 Å². The number of amides is 1. The molecule has 2 N–H and O–H groups in total. The predicted octanol–water partition coefficient (Wildman–Crippen LogP) is 1.89. The van der Waals surface area contributed by atoms with Gasteiger partial charge in [-0.05, 0) is 25.0 Å². The van der Waals surface area contributed by atoms with Gasteiger partial charge in [0, 0.05) is 12.1 Å². The minimum Gasteiger partial charge on any atom is -0.287 e. The van der Waals surface area contributed by atoms with Crippen LogP contribution < -0.4 is 10.9 Å². The molecule has 0 aliphatic rings. The summed E-state index contributed by atoms with van der Waals surface area (Å²) in [6.07, 6.45) is 3.79. The maximum absolute atomic E-state index is 11.5. The molecular formula is C12H16N2O. The number of hydrogen-bond donors (Lipinski definition) is 2. The van der Waals surface area contributed by atoms with Gasteiger partial charge < -0.3 is 0 Å². The van der Waals surface area contributed by atoms with Crippen molar-refractivity contribution in [3.8, 4) is 0 Å². The van der Waals surface area contributed by atoms with Gasteiger partial charge in [-0.15, -0.1) is 6.58 Å². The SMILES string of the molecule is C=CCCCNNC(=O)c1ccccc1. The fourth-order valence-electron chi connectivity index (χ4n) is 1.14. The zero-order valence-corrected chi connectivity index (χ0v) is 8.70. The Kier molecular flexibility index (Phi) is 5.19. The summed E-state index contributed by atoms with van der Waals surface area (Å²) in [5.74, 6) is -0.103. The van der Waals surface area contributed by atoms with Crippen LogP contribution in [0.1, 0.15) is 23.2 Å². The van der Waals surface area contributed by atoms with E-state index in [0.717, 1.165) is 19.4 Å². The van der Waals surface area contributed by atoms with Crippen LogP contribution in [-0.2, 0) is 0 Å². The monoisotopic (exact) mass is 204 g/mol. The standard InChI is InChI=1S/C12H16N2O/c1-2-3-7-10-13-14-12(15)11-8-5-4-6-9-11/h2,4-6,8-9,13H,1,3,7,10H2,(H,14,15). The molecule has 0 aromatic heterocycles. The topological polar surface area (TPSA) is 41.1 Å². The molecule has 3 nitrogen and oxygen atoms in total. The van der Waals surface area contributed by atoms with Crippen LogP contribution in [0.15, 0.2) is 43.0 Å². The number of benzene rings is 1. The van der Waals surface area contributed by atoms with Crippen molar-refractivity contribution in [2.75, 3.05) is 6.54 Å². The van der Waals surface area contributed by atoms with Crippen molar-refractivity contribution in [3.63, 3.8) is 0 Å². The maximum Gasteiger partial charge on any atom is 0.265 e. The van der Waals surface area contributed by atoms with E-state index in [1.807, 2.05) is 24.3 Å². The van der Waals surface area contributed by atoms with Crippen LogP contribution in [0.3, 0.4) is 0 Å². The van der Waals surface area contributed by atoms with Crippen LogP contribution in [0.2, 0.25) is 0 Å². The Morgan fingerprint density at radius 3 is 2.73 bits per heavy atom. The number of nitrogens with one attached hydrogen (secondary N) is 2. The van der Waals surface area contributed by atoms with Crippen molar-refractivity contribution >= 4 is 5.91 Å². The van der Waals surface area contributed by atoms with Crippen molar-refractivity contribution in [1.82, 2.24) is 10.9 Å². The van der Waals surface area contributed by atoms with Crippen LogP contribution in [0.25, 0.3) is 0 Å². The first-order valence-electron chi connectivity index (χ1n) is 5.03. The molecule has 0 aliphatic heterocycles. The van der Waals surface area contributed by atoms with Crippen molar-refractivity contribution in [2.24, 2.45) is 0 Å². The number of carbonyl (C=O) groups excluding carboxylic acids is 1. The number of hydrazine groups is 1. The Morgan fingerprint density at radius 1 is 1.33 bits per heavy atom. The summed E-state index contributed by atoms with van der Waals surface area (Å²) in [7, 11) is 0. The quantitative estimate of drug-likeness (QED) is 0.422. The summed E-state index contributed by atoms with van der Waals surface area (Å²) >= 11 is 0. The summed E-state index contributed by atoms with van der Waals surface area (Å²) in [5.41, 5.74) is 6.17. The minimum absolute atomic E-state index is 0.103. The Morgan fingerprint density at radius 2 is 2.07 bits per heavy atom. The van der Waals surface area contributed by atoms with Crippen LogP contribution in [0.4, 0.5) is 0 Å². The van der Waals surface area contributed by atoms with Crippen LogP contribution in [0.5, 0.6) is 0 Å². The Balaban J connectivity index is 2.22. The number of rotatable bonds is 6. The van der Waals surface area contributed by atoms with E-state index in [0.29, 0.717) is 5.56 Å². The summed E-state index contributed by atoms with van der Waals surface area (Å²) in [4.78, 5) is 11.5. The highest BCUT2D eigenvalue weighted by molar-refractivity contribution is 5.93. The third kappa shape index (κ3) is 4.42. The van der Waals surface area contributed by atoms with E-state index in [2.05, 4.69) is 17.4 Å². The molecule has 0 radical (unpaired) electrons. The highest BCUT2D eigenvalue weighted by Gasteiger charge is 2.01. The van der Waals surface area contributed by atoms with E-state index < -0.39 is 0 Å². The maximum atomic E-state index is 11.5. The van der Waals surface area contributed by atoms with Gasteiger partial charge in [0.1, 0.15) is 0 Å². The highest BCUT2D eigenvalue weighted by Crippen LogP contribution is 1.96. The van der Waals surface area contributed by atoms with Gasteiger partial charge in [-0.3, -0.25) is 10.2 Å². The van der Waals surface area contributed by atoms with Gasteiger partial charge in [-0.25, -0.2) is 5.43 Å². The molecule has 0 saturated heterocycles. The number of hydrogen-bond acceptors (Lipinski definition) is 2. The lowest BCUT2D eigenvalue weighted by molar-refractivity contribution is 0.0933. The van der Waals surface area contributed by atoms with E-state index in [-0.39, 0.29) is 5.91 Å². The summed E-state index contributed by atoms with van der Waals surface area (Å²) in [5, 5.41) is 0. The normalized spacial score (nSPS) is 9.60. The van der Waals surface area contributed by atoms with E-state index >= 15 is 0 Å². The van der Waals surface area contributed by atoms with Crippen LogP contribution in [-0.4, -0.2) is 12.5 Å². The predicted molar refractivity (Wildman–Crippen MR) is 61.3 cm³/mol. The second-order valence-electron chi connectivity index (χ2n) is 3.18. The molecule has 0 saturated carbocycles. The third-order valence-electron chi connectivity index (χ3n) is 1.95. The molecule has 15 heavy (non-hydrogen) atoms. The summed E-state index contributed by atoms with van der Waals surface area (Å²) < 4.78 is 0. The Bertz CT molecular complexity index is 309. The highest BCUT2D eigenvalue weighted by atomic mass is 16.2. The molecule has 0 fully saturated rings. The molecule has 0 spiro atoms. The molecule has 0 heterocycles. The molecule has 80 valence electrons. The van der Waals surface area contributed by atoms with Crippen LogP contribution in [0, 0.1) is 0 Å². The number of unbranched alkanes of at least 4 members (excludes halogenated alkanes) is 1. The van der Waals surface area contributed by atoms with E-state index in [4.69, 9.17) is 0 Å². The fraction of sp³-hybridized carbons (Fsp3) is 0.250. The van der Waals surface area contributed by atoms with Gasteiger partial charge in [0.05, 0.1) is 0 Å². The van der Waals surface area contributed by atoms with E-state index in [1.165, 1.54) is 0 Å². The second kappa shape index (κ2) is 6.79. The van der Waals surface area contributed by atoms with E-state index in [9.17, 15) is 4.79 Å². The molecule has 3 heteroatoms. The fourth-order valence-corrected chi connectivity index (χ4v) is 1.14. The third-order valence-corrected chi connectivity index (χ3v) is 1.95. The molecule has 0 unspecified atom stereocenters. The molecule has 0 atom stereocenters. The molecular weight excluding hydrogens is 188 g/mol. The first-order valence-corrected chi connectivity index (χ1v) is 5.03. The number of allylic oxidation sites excluding steroid dienone is 1. The first kappa shape index (κ1) is 11.5. The average Bonchev–Trinajstić information content (AvgIpc) is 2.30. The second-order valence-corrected chi connectivity index (χ2v) is 3.18. The molecule has 0 bridgehead atoms. The smallest absolute Gasteiger partial charge is 0.265 e. The van der Waals surface area contributed by atoms with Gasteiger partial charge in [-0.2, -0.15) is 0 Å². The van der Waals surface area contributed by atoms with Crippen molar-refractivity contribution in [3.05, 3.63) is 48.6 Å². The van der Waals surface area contributed by atoms with Crippen LogP contribution >= 0.6 is 0 Å². The average molecular weight is 204 g/mol. The number of carbonyl (C=O) groups is 1. The Hall–Kier alpha value is -1.61. The van der Waals surface area contributed by atoms with Gasteiger partial charge in [0.2, 0.25) is 0 Å². The lowest BCUT2D eigenvalue weighted by atomic mass is 10.2. The lowest BCUT2D eigenvalue weighted by Gasteiger charge is -2.05. The molecule has 1 aromatic carbocycles. The molecule has 1 aromatic rings. The van der Waals surface area contributed by atoms with Crippen molar-refractivity contribution < 1.29 is 4.79 Å². The summed E-state index contributed by atoms with van der Waals surface area (Å²) in [6.45, 7) is 4.38. The van der Waals surface area contributed by atoms with Gasteiger partial charge in [0.15, 0.2) is 0 Å². The largest absolute Gasteiger partial charge is 0.287 e. The molecule has 1 amide bonds. The first-order chi connectivity index (χ1) is 7.34. The van der Waals surface area contributed by atoms with Crippen molar-refractivity contribution in [2.45, 2.75) is 12.8 Å². The Labute approximate surface area is 90.2 Å². The minimum atomic E-state index is -0.103. The lowest BCUT2D eigenvalue weighted by Crippen LogP contribution is -2.37. The zero-order valence-electron chi connectivity index (χ0n) is 8.70. The van der Waals surface area contributed by atoms with Crippen molar-refractivity contribution in [1.29, 1.82) is 0 Å². The zero-order chi connectivity index (χ0) is 10.9. The van der Waals surface area contributed by atoms with Gasteiger partial charge in [0.25, 0.3) is 5.91 Å².